The highest BCUT2D eigenvalue weighted by Crippen LogP contribution is 2.36. The highest BCUT2D eigenvalue weighted by molar-refractivity contribution is 7.15. The minimum absolute atomic E-state index is 0.00885. The fourth-order valence-corrected chi connectivity index (χ4v) is 5.45. The zero-order valence-corrected chi connectivity index (χ0v) is 18.3. The number of nitrogens with zero attached hydrogens (tertiary/aromatic N) is 4. The lowest BCUT2D eigenvalue weighted by atomic mass is 10.1. The molecule has 1 aliphatic rings. The van der Waals surface area contributed by atoms with Crippen molar-refractivity contribution in [1.82, 2.24) is 24.5 Å². The van der Waals surface area contributed by atoms with Gasteiger partial charge in [-0.15, -0.1) is 11.3 Å². The first-order chi connectivity index (χ1) is 15.8. The summed E-state index contributed by atoms with van der Waals surface area (Å²) in [7, 11) is 0. The summed E-state index contributed by atoms with van der Waals surface area (Å²) in [4.78, 5) is 20.1. The number of nitrogens with two attached hydrogens (primary N) is 1. The molecule has 4 aromatic rings. The molecule has 1 atom stereocenters. The van der Waals surface area contributed by atoms with Crippen molar-refractivity contribution in [2.45, 2.75) is 38.0 Å². The second kappa shape index (κ2) is 8.31. The molecule has 7 nitrogen and oxygen atoms in total. The number of aromatic amines is 1. The van der Waals surface area contributed by atoms with Crippen molar-refractivity contribution in [1.29, 1.82) is 0 Å². The van der Waals surface area contributed by atoms with E-state index < -0.39 is 11.9 Å². The number of hydrogen-bond acceptors (Lipinski definition) is 5. The predicted octanol–water partition coefficient (Wildman–Crippen LogP) is 4.31. The number of carbonyl (C=O) groups excluding carboxylic acids is 1. The summed E-state index contributed by atoms with van der Waals surface area (Å²) < 4.78 is 41.7. The Hall–Kier alpha value is -3.18. The van der Waals surface area contributed by atoms with Crippen molar-refractivity contribution in [3.05, 3.63) is 53.4 Å². The molecule has 0 radical (unpaired) electrons. The molecule has 5 heterocycles. The topological polar surface area (TPSA) is 92.3 Å². The molecule has 0 saturated carbocycles. The van der Waals surface area contributed by atoms with Gasteiger partial charge in [0.1, 0.15) is 11.3 Å². The van der Waals surface area contributed by atoms with Gasteiger partial charge in [-0.1, -0.05) is 0 Å². The fourth-order valence-electron chi connectivity index (χ4n) is 4.41. The molecule has 0 bridgehead atoms. The Morgan fingerprint density at radius 1 is 1.24 bits per heavy atom. The summed E-state index contributed by atoms with van der Waals surface area (Å²) in [6.45, 7) is 1.66. The average molecular weight is 475 g/mol. The van der Waals surface area contributed by atoms with E-state index in [1.54, 1.807) is 40.3 Å². The van der Waals surface area contributed by atoms with Gasteiger partial charge in [0.05, 0.1) is 23.0 Å². The van der Waals surface area contributed by atoms with Gasteiger partial charge in [-0.2, -0.15) is 18.3 Å². The highest BCUT2D eigenvalue weighted by Gasteiger charge is 2.36. The Kier molecular flexibility index (Phi) is 5.45. The SMILES string of the molecule is NC(=O)C[C@@H]1CCCN1Cc1ccc(-c2cnc3ccc(-c4cn[nH]c4C(F)(F)F)cn23)s1. The van der Waals surface area contributed by atoms with Crippen LogP contribution in [0.2, 0.25) is 0 Å². The average Bonchev–Trinajstić information content (AvgIpc) is 3.54. The lowest BCUT2D eigenvalue weighted by molar-refractivity contribution is -0.140. The molecule has 1 amide bonds. The second-order valence-corrected chi connectivity index (χ2v) is 9.32. The number of alkyl halides is 3. The molecule has 1 saturated heterocycles. The molecule has 11 heteroatoms. The van der Waals surface area contributed by atoms with Gasteiger partial charge in [0.2, 0.25) is 5.91 Å². The van der Waals surface area contributed by atoms with Crippen LogP contribution in [-0.4, -0.2) is 43.0 Å². The summed E-state index contributed by atoms with van der Waals surface area (Å²) in [5.41, 5.74) is 6.34. The van der Waals surface area contributed by atoms with Gasteiger partial charge < -0.3 is 5.73 Å². The van der Waals surface area contributed by atoms with E-state index in [0.29, 0.717) is 17.6 Å². The number of H-pyrrole nitrogens is 1. The molecular formula is C22H21F3N6OS. The second-order valence-electron chi connectivity index (χ2n) is 8.15. The summed E-state index contributed by atoms with van der Waals surface area (Å²) in [6, 6.07) is 7.51. The fraction of sp³-hybridized carbons (Fsp3) is 0.318. The number of hydrogen-bond donors (Lipinski definition) is 2. The van der Waals surface area contributed by atoms with Gasteiger partial charge in [0.15, 0.2) is 0 Å². The van der Waals surface area contributed by atoms with Gasteiger partial charge in [0.25, 0.3) is 0 Å². The highest BCUT2D eigenvalue weighted by atomic mass is 32.1. The van der Waals surface area contributed by atoms with Crippen molar-refractivity contribution < 1.29 is 18.0 Å². The lowest BCUT2D eigenvalue weighted by Gasteiger charge is -2.22. The van der Waals surface area contributed by atoms with Crippen LogP contribution < -0.4 is 5.73 Å². The summed E-state index contributed by atoms with van der Waals surface area (Å²) in [5.74, 6) is -0.286. The monoisotopic (exact) mass is 474 g/mol. The summed E-state index contributed by atoms with van der Waals surface area (Å²) in [5, 5.41) is 5.64. The first kappa shape index (κ1) is 21.7. The van der Waals surface area contributed by atoms with E-state index in [2.05, 4.69) is 20.1 Å². The van der Waals surface area contributed by atoms with Gasteiger partial charge in [-0.05, 0) is 43.7 Å². The summed E-state index contributed by atoms with van der Waals surface area (Å²) in [6.07, 6.45) is 2.40. The van der Waals surface area contributed by atoms with Crippen molar-refractivity contribution in [3.63, 3.8) is 0 Å². The van der Waals surface area contributed by atoms with Crippen molar-refractivity contribution in [2.24, 2.45) is 5.73 Å². The Bertz CT molecular complexity index is 1310. The third-order valence-corrected chi connectivity index (χ3v) is 7.04. The molecular weight excluding hydrogens is 453 g/mol. The molecule has 4 aromatic heterocycles. The van der Waals surface area contributed by atoms with Crippen LogP contribution >= 0.6 is 11.3 Å². The molecule has 172 valence electrons. The number of amides is 1. The van der Waals surface area contributed by atoms with E-state index in [9.17, 15) is 18.0 Å². The largest absolute Gasteiger partial charge is 0.433 e. The zero-order valence-electron chi connectivity index (χ0n) is 17.5. The zero-order chi connectivity index (χ0) is 23.2. The van der Waals surface area contributed by atoms with Crippen LogP contribution in [0.25, 0.3) is 27.3 Å². The maximum atomic E-state index is 13.3. The normalized spacial score (nSPS) is 17.2. The molecule has 33 heavy (non-hydrogen) atoms. The van der Waals surface area contributed by atoms with Crippen LogP contribution in [0, 0.1) is 0 Å². The number of carbonyl (C=O) groups is 1. The minimum Gasteiger partial charge on any atom is -0.370 e. The van der Waals surface area contributed by atoms with E-state index in [1.807, 2.05) is 12.1 Å². The predicted molar refractivity (Wildman–Crippen MR) is 118 cm³/mol. The van der Waals surface area contributed by atoms with Crippen LogP contribution in [0.5, 0.6) is 0 Å². The van der Waals surface area contributed by atoms with Crippen molar-refractivity contribution >= 4 is 22.9 Å². The summed E-state index contributed by atoms with van der Waals surface area (Å²) >= 11 is 1.61. The van der Waals surface area contributed by atoms with E-state index >= 15 is 0 Å². The third-order valence-electron chi connectivity index (χ3n) is 5.95. The number of pyridine rings is 1. The standard InChI is InChI=1S/C22H21F3N6OS/c23-22(24,25)21-16(9-28-29-21)13-3-6-20-27-10-17(31(20)11-13)18-5-4-15(33-18)12-30-7-1-2-14(30)8-19(26)32/h3-6,9-11,14H,1-2,7-8,12H2,(H2,26,32)(H,28,29)/t14-/m0/s1. The number of thiophene rings is 1. The maximum absolute atomic E-state index is 13.3. The number of rotatable bonds is 6. The van der Waals surface area contributed by atoms with Gasteiger partial charge in [-0.25, -0.2) is 4.98 Å². The van der Waals surface area contributed by atoms with E-state index in [-0.39, 0.29) is 17.5 Å². The van der Waals surface area contributed by atoms with Crippen LogP contribution in [0.3, 0.4) is 0 Å². The molecule has 5 rings (SSSR count). The van der Waals surface area contributed by atoms with Gasteiger partial charge >= 0.3 is 6.18 Å². The van der Waals surface area contributed by atoms with Crippen LogP contribution in [0.1, 0.15) is 29.8 Å². The molecule has 0 aromatic carbocycles. The number of imidazole rings is 1. The maximum Gasteiger partial charge on any atom is 0.433 e. The number of fused-ring (bicyclic) bond motifs is 1. The Morgan fingerprint density at radius 3 is 2.88 bits per heavy atom. The molecule has 0 aliphatic carbocycles. The van der Waals surface area contributed by atoms with Gasteiger partial charge in [-0.3, -0.25) is 19.2 Å². The van der Waals surface area contributed by atoms with Crippen LogP contribution in [0.15, 0.2) is 42.9 Å². The molecule has 1 fully saturated rings. The Balaban J connectivity index is 1.43. The lowest BCUT2D eigenvalue weighted by Crippen LogP contribution is -2.32. The van der Waals surface area contributed by atoms with Crippen LogP contribution in [-0.2, 0) is 17.5 Å². The van der Waals surface area contributed by atoms with Crippen molar-refractivity contribution in [2.75, 3.05) is 6.54 Å². The quantitative estimate of drug-likeness (QED) is 0.436. The molecule has 0 unspecified atom stereocenters. The smallest absolute Gasteiger partial charge is 0.370 e. The Labute approximate surface area is 191 Å². The number of primary amides is 1. The number of nitrogens with one attached hydrogen (secondary N) is 1. The van der Waals surface area contributed by atoms with Crippen molar-refractivity contribution in [3.8, 4) is 21.7 Å². The number of aromatic nitrogens is 4. The van der Waals surface area contributed by atoms with Gasteiger partial charge in [0, 0.05) is 41.2 Å². The molecule has 3 N–H and O–H groups in total. The number of halogens is 3. The first-order valence-electron chi connectivity index (χ1n) is 10.5. The Morgan fingerprint density at radius 2 is 2.09 bits per heavy atom. The third kappa shape index (κ3) is 4.25. The van der Waals surface area contributed by atoms with E-state index in [0.717, 1.165) is 41.4 Å². The van der Waals surface area contributed by atoms with Crippen LogP contribution in [0.4, 0.5) is 13.2 Å². The van der Waals surface area contributed by atoms with E-state index in [1.165, 1.54) is 6.20 Å². The first-order valence-corrected chi connectivity index (χ1v) is 11.3. The van der Waals surface area contributed by atoms with E-state index in [4.69, 9.17) is 5.73 Å². The molecule has 0 spiro atoms. The number of likely N-dealkylation sites (tertiary alicyclic amines) is 1. The molecule has 1 aliphatic heterocycles. The minimum atomic E-state index is -4.52.